The highest BCUT2D eigenvalue weighted by atomic mass is 35.5. The van der Waals surface area contributed by atoms with Gasteiger partial charge >= 0.3 is 0 Å². The zero-order valence-electron chi connectivity index (χ0n) is 16.0. The van der Waals surface area contributed by atoms with Crippen LogP contribution in [0, 0.1) is 17.0 Å². The molecular weight excluding hydrogens is 428 g/mol. The Morgan fingerprint density at radius 3 is 2.35 bits per heavy atom. The molecule has 0 saturated heterocycles. The molecule has 1 aliphatic rings. The SMILES string of the molecule is O=C(Nc1ccccc1)C1(C(=O)Nc2cc(F)c(Oc3ccnc(Cl)c3)cc2F)CC1. The number of benzene rings is 2. The average Bonchev–Trinajstić information content (AvgIpc) is 3.55. The normalized spacial score (nSPS) is 13.9. The predicted octanol–water partition coefficient (Wildman–Crippen LogP) is 5.16. The number of hydrogen-bond acceptors (Lipinski definition) is 4. The smallest absolute Gasteiger partial charge is 0.240 e. The highest BCUT2D eigenvalue weighted by Gasteiger charge is 2.56. The molecule has 0 aliphatic heterocycles. The Hall–Kier alpha value is -3.52. The zero-order valence-corrected chi connectivity index (χ0v) is 16.7. The number of ether oxygens (including phenoxy) is 1. The largest absolute Gasteiger partial charge is 0.454 e. The van der Waals surface area contributed by atoms with Gasteiger partial charge in [0.15, 0.2) is 17.4 Å². The van der Waals surface area contributed by atoms with Crippen molar-refractivity contribution in [1.82, 2.24) is 4.98 Å². The average molecular weight is 444 g/mol. The molecule has 1 aromatic heterocycles. The van der Waals surface area contributed by atoms with Crippen LogP contribution in [0.3, 0.4) is 0 Å². The molecule has 0 radical (unpaired) electrons. The van der Waals surface area contributed by atoms with Gasteiger partial charge in [0.2, 0.25) is 11.8 Å². The van der Waals surface area contributed by atoms with Gasteiger partial charge in [0, 0.05) is 30.1 Å². The molecule has 0 spiro atoms. The van der Waals surface area contributed by atoms with Crippen LogP contribution in [0.5, 0.6) is 11.5 Å². The lowest BCUT2D eigenvalue weighted by atomic mass is 10.0. The third-order valence-electron chi connectivity index (χ3n) is 4.85. The minimum atomic E-state index is -1.32. The molecule has 9 heteroatoms. The standard InChI is InChI=1S/C22H16ClF2N3O3/c23-19-10-14(6-9-26-19)31-18-12-15(24)17(11-16(18)25)28-21(30)22(7-8-22)20(29)27-13-4-2-1-3-5-13/h1-6,9-12H,7-8H2,(H,27,29)(H,28,30). The Kier molecular flexibility index (Phi) is 5.56. The Labute approximate surface area is 181 Å². The number of rotatable bonds is 6. The van der Waals surface area contributed by atoms with Gasteiger partial charge in [-0.2, -0.15) is 0 Å². The van der Waals surface area contributed by atoms with Crippen molar-refractivity contribution in [2.75, 3.05) is 10.6 Å². The summed E-state index contributed by atoms with van der Waals surface area (Å²) < 4.78 is 34.3. The van der Waals surface area contributed by atoms with E-state index in [1.807, 2.05) is 0 Å². The lowest BCUT2D eigenvalue weighted by molar-refractivity contribution is -0.131. The number of halogens is 3. The van der Waals surface area contributed by atoms with E-state index < -0.39 is 28.9 Å². The van der Waals surface area contributed by atoms with Gasteiger partial charge in [-0.05, 0) is 31.0 Å². The van der Waals surface area contributed by atoms with Gasteiger partial charge in [0.25, 0.3) is 0 Å². The first-order chi connectivity index (χ1) is 14.9. The van der Waals surface area contributed by atoms with E-state index in [9.17, 15) is 18.4 Å². The summed E-state index contributed by atoms with van der Waals surface area (Å²) in [6, 6.07) is 13.1. The topological polar surface area (TPSA) is 80.3 Å². The molecule has 2 N–H and O–H groups in total. The molecule has 2 aromatic carbocycles. The molecule has 2 amide bonds. The summed E-state index contributed by atoms with van der Waals surface area (Å²) in [5, 5.41) is 5.12. The number of hydrogen-bond donors (Lipinski definition) is 2. The second kappa shape index (κ2) is 8.31. The number of carbonyl (C=O) groups is 2. The summed E-state index contributed by atoms with van der Waals surface area (Å²) in [6.07, 6.45) is 1.98. The van der Waals surface area contributed by atoms with Crippen LogP contribution < -0.4 is 15.4 Å². The number of carbonyl (C=O) groups excluding carboxylic acids is 2. The maximum absolute atomic E-state index is 14.5. The summed E-state index contributed by atoms with van der Waals surface area (Å²) in [5.41, 5.74) is -1.16. The number of amides is 2. The van der Waals surface area contributed by atoms with Crippen LogP contribution >= 0.6 is 11.6 Å². The van der Waals surface area contributed by atoms with Crippen molar-refractivity contribution in [3.63, 3.8) is 0 Å². The molecule has 0 atom stereocenters. The van der Waals surface area contributed by atoms with E-state index in [0.717, 1.165) is 12.1 Å². The minimum Gasteiger partial charge on any atom is -0.454 e. The molecule has 0 unspecified atom stereocenters. The van der Waals surface area contributed by atoms with Crippen molar-refractivity contribution in [3.8, 4) is 11.5 Å². The van der Waals surface area contributed by atoms with Gasteiger partial charge < -0.3 is 15.4 Å². The van der Waals surface area contributed by atoms with Gasteiger partial charge in [-0.25, -0.2) is 13.8 Å². The van der Waals surface area contributed by atoms with Crippen molar-refractivity contribution in [2.24, 2.45) is 5.41 Å². The Bertz CT molecular complexity index is 1150. The third-order valence-corrected chi connectivity index (χ3v) is 5.05. The van der Waals surface area contributed by atoms with Crippen molar-refractivity contribution >= 4 is 34.8 Å². The van der Waals surface area contributed by atoms with Crippen molar-refractivity contribution in [3.05, 3.63) is 77.6 Å². The number of anilines is 2. The summed E-state index contributed by atoms with van der Waals surface area (Å²) in [4.78, 5) is 29.1. The fourth-order valence-corrected chi connectivity index (χ4v) is 3.14. The number of aromatic nitrogens is 1. The number of para-hydroxylation sites is 1. The summed E-state index contributed by atoms with van der Waals surface area (Å²) in [5.74, 6) is -3.22. The zero-order chi connectivity index (χ0) is 22.0. The third kappa shape index (κ3) is 4.49. The Morgan fingerprint density at radius 2 is 1.68 bits per heavy atom. The van der Waals surface area contributed by atoms with Crippen LogP contribution in [-0.4, -0.2) is 16.8 Å². The first-order valence-corrected chi connectivity index (χ1v) is 9.72. The maximum Gasteiger partial charge on any atom is 0.240 e. The molecule has 1 heterocycles. The molecule has 158 valence electrons. The van der Waals surface area contributed by atoms with Gasteiger partial charge in [-0.3, -0.25) is 9.59 Å². The second-order valence-corrected chi connectivity index (χ2v) is 7.42. The van der Waals surface area contributed by atoms with Crippen LogP contribution in [0.2, 0.25) is 5.15 Å². The van der Waals surface area contributed by atoms with E-state index in [1.54, 1.807) is 30.3 Å². The van der Waals surface area contributed by atoms with Gasteiger partial charge in [-0.15, -0.1) is 0 Å². The molecule has 1 aliphatic carbocycles. The quantitative estimate of drug-likeness (QED) is 0.407. The fourth-order valence-electron chi connectivity index (χ4n) is 2.97. The summed E-state index contributed by atoms with van der Waals surface area (Å²) in [7, 11) is 0. The minimum absolute atomic E-state index is 0.130. The molecule has 1 saturated carbocycles. The number of nitrogens with zero attached hydrogens (tertiary/aromatic N) is 1. The van der Waals surface area contributed by atoms with Crippen molar-refractivity contribution < 1.29 is 23.1 Å². The van der Waals surface area contributed by atoms with E-state index in [-0.39, 0.29) is 22.3 Å². The lowest BCUT2D eigenvalue weighted by Crippen LogP contribution is -2.35. The predicted molar refractivity (Wildman–Crippen MR) is 111 cm³/mol. The van der Waals surface area contributed by atoms with Gasteiger partial charge in [0.1, 0.15) is 16.3 Å². The van der Waals surface area contributed by atoms with E-state index in [1.165, 1.54) is 18.3 Å². The molecule has 6 nitrogen and oxygen atoms in total. The molecule has 1 fully saturated rings. The summed E-state index contributed by atoms with van der Waals surface area (Å²) in [6.45, 7) is 0. The first-order valence-electron chi connectivity index (χ1n) is 9.34. The van der Waals surface area contributed by atoms with E-state index >= 15 is 0 Å². The Morgan fingerprint density at radius 1 is 0.968 bits per heavy atom. The van der Waals surface area contributed by atoms with E-state index in [2.05, 4.69) is 15.6 Å². The molecule has 4 rings (SSSR count). The number of pyridine rings is 1. The molecule has 0 bridgehead atoms. The molecule has 3 aromatic rings. The van der Waals surface area contributed by atoms with Crippen LogP contribution in [-0.2, 0) is 9.59 Å². The first kappa shape index (κ1) is 20.7. The van der Waals surface area contributed by atoms with Crippen LogP contribution in [0.4, 0.5) is 20.2 Å². The van der Waals surface area contributed by atoms with Gasteiger partial charge in [0.05, 0.1) is 5.69 Å². The molecular formula is C22H16ClF2N3O3. The van der Waals surface area contributed by atoms with Crippen molar-refractivity contribution in [1.29, 1.82) is 0 Å². The highest BCUT2D eigenvalue weighted by molar-refractivity contribution is 6.29. The van der Waals surface area contributed by atoms with E-state index in [0.29, 0.717) is 18.5 Å². The number of nitrogens with one attached hydrogen (secondary N) is 2. The lowest BCUT2D eigenvalue weighted by Gasteiger charge is -2.16. The van der Waals surface area contributed by atoms with Crippen LogP contribution in [0.1, 0.15) is 12.8 Å². The fraction of sp³-hybridized carbons (Fsp3) is 0.136. The second-order valence-electron chi connectivity index (χ2n) is 7.04. The molecule has 31 heavy (non-hydrogen) atoms. The van der Waals surface area contributed by atoms with E-state index in [4.69, 9.17) is 16.3 Å². The monoisotopic (exact) mass is 443 g/mol. The van der Waals surface area contributed by atoms with Crippen LogP contribution in [0.15, 0.2) is 60.8 Å². The van der Waals surface area contributed by atoms with Crippen molar-refractivity contribution in [2.45, 2.75) is 12.8 Å². The highest BCUT2D eigenvalue weighted by Crippen LogP contribution is 2.47. The summed E-state index contributed by atoms with van der Waals surface area (Å²) >= 11 is 5.75. The van der Waals surface area contributed by atoms with Gasteiger partial charge in [-0.1, -0.05) is 29.8 Å². The Balaban J connectivity index is 1.48. The van der Waals surface area contributed by atoms with Crippen LogP contribution in [0.25, 0.3) is 0 Å². The maximum atomic E-state index is 14.5.